The highest BCUT2D eigenvalue weighted by molar-refractivity contribution is 6.18. The van der Waals surface area contributed by atoms with Crippen LogP contribution in [0.5, 0.6) is 0 Å². The van der Waals surface area contributed by atoms with Crippen LogP contribution in [0.1, 0.15) is 32.0 Å². The predicted octanol–water partition coefficient (Wildman–Crippen LogP) is 4.86. The average molecular weight is 344 g/mol. The van der Waals surface area contributed by atoms with E-state index in [-0.39, 0.29) is 11.5 Å². The summed E-state index contributed by atoms with van der Waals surface area (Å²) < 4.78 is 10.7. The highest BCUT2D eigenvalue weighted by Gasteiger charge is 2.30. The van der Waals surface area contributed by atoms with Crippen LogP contribution < -0.4 is 0 Å². The molecule has 0 radical (unpaired) electrons. The molecule has 0 N–H and O–H groups in total. The number of benzene rings is 1. The van der Waals surface area contributed by atoms with E-state index in [9.17, 15) is 9.59 Å². The molecule has 2 aliphatic rings. The number of ketones is 1. The van der Waals surface area contributed by atoms with Crippen molar-refractivity contribution in [3.8, 4) is 11.1 Å². The quantitative estimate of drug-likeness (QED) is 0.393. The summed E-state index contributed by atoms with van der Waals surface area (Å²) in [6.07, 6.45) is 0. The second-order valence-corrected chi connectivity index (χ2v) is 6.08. The molecule has 0 saturated carbocycles. The Bertz CT molecular complexity index is 1090. The van der Waals surface area contributed by atoms with Crippen molar-refractivity contribution in [3.63, 3.8) is 0 Å². The van der Waals surface area contributed by atoms with Crippen molar-refractivity contribution in [1.82, 2.24) is 0 Å². The van der Waals surface area contributed by atoms with Gasteiger partial charge in [0.25, 0.3) is 0 Å². The number of hydrogen-bond acceptors (Lipinski definition) is 4. The van der Waals surface area contributed by atoms with Crippen LogP contribution in [0.3, 0.4) is 0 Å². The molecule has 4 rings (SSSR count). The van der Waals surface area contributed by atoms with Gasteiger partial charge in [-0.15, -0.1) is 0 Å². The van der Waals surface area contributed by atoms with Crippen LogP contribution >= 0.6 is 0 Å². The maximum atomic E-state index is 13.2. The standard InChI is InChI=1S/C22H16O4/c1-13-19(21(23)18-12-14-8-6-7-11-17(14)26-18)15-9-4-3-5-10-16(15)20(13)22(24)25-2/h3-12H,1-2H3. The Balaban J connectivity index is 1.95. The number of fused-ring (bicyclic) bond motifs is 2. The first-order valence-electron chi connectivity index (χ1n) is 8.24. The van der Waals surface area contributed by atoms with Gasteiger partial charge < -0.3 is 9.15 Å². The van der Waals surface area contributed by atoms with E-state index in [4.69, 9.17) is 9.15 Å². The Morgan fingerprint density at radius 2 is 1.54 bits per heavy atom. The molecule has 4 heteroatoms. The number of para-hydroxylation sites is 1. The molecule has 26 heavy (non-hydrogen) atoms. The van der Waals surface area contributed by atoms with Crippen molar-refractivity contribution >= 4 is 22.7 Å². The first kappa shape index (κ1) is 16.1. The lowest BCUT2D eigenvalue weighted by Gasteiger charge is -2.00. The maximum absolute atomic E-state index is 13.2. The summed E-state index contributed by atoms with van der Waals surface area (Å²) in [5, 5.41) is 0.864. The van der Waals surface area contributed by atoms with Gasteiger partial charge in [-0.25, -0.2) is 4.79 Å². The molecule has 2 aliphatic carbocycles. The Morgan fingerprint density at radius 1 is 0.885 bits per heavy atom. The molecule has 0 saturated heterocycles. The second-order valence-electron chi connectivity index (χ2n) is 6.08. The van der Waals surface area contributed by atoms with E-state index in [0.29, 0.717) is 33.4 Å². The highest BCUT2D eigenvalue weighted by Crippen LogP contribution is 2.38. The number of hydrogen-bond donors (Lipinski definition) is 0. The van der Waals surface area contributed by atoms with Crippen LogP contribution in [0.25, 0.3) is 22.1 Å². The Labute approximate surface area is 150 Å². The number of ether oxygens (including phenoxy) is 1. The fourth-order valence-electron chi connectivity index (χ4n) is 3.39. The largest absolute Gasteiger partial charge is 0.465 e. The number of carbonyl (C=O) groups is 2. The molecule has 0 spiro atoms. The lowest BCUT2D eigenvalue weighted by molar-refractivity contribution is 0.0601. The molecule has 0 unspecified atom stereocenters. The zero-order chi connectivity index (χ0) is 18.3. The van der Waals surface area contributed by atoms with E-state index in [1.807, 2.05) is 54.6 Å². The number of esters is 1. The molecular formula is C22H16O4. The van der Waals surface area contributed by atoms with E-state index in [2.05, 4.69) is 0 Å². The summed E-state index contributed by atoms with van der Waals surface area (Å²) in [6.45, 7) is 1.77. The summed E-state index contributed by atoms with van der Waals surface area (Å²) in [6, 6.07) is 18.4. The van der Waals surface area contributed by atoms with Crippen molar-refractivity contribution in [3.05, 3.63) is 83.1 Å². The lowest BCUT2D eigenvalue weighted by Crippen LogP contribution is -2.04. The van der Waals surface area contributed by atoms with Crippen molar-refractivity contribution in [1.29, 1.82) is 0 Å². The maximum Gasteiger partial charge on any atom is 0.338 e. The zero-order valence-electron chi connectivity index (χ0n) is 14.4. The molecular weight excluding hydrogens is 328 g/mol. The third-order valence-electron chi connectivity index (χ3n) is 4.59. The van der Waals surface area contributed by atoms with E-state index >= 15 is 0 Å². The molecule has 1 aromatic carbocycles. The SMILES string of the molecule is COC(=O)c1c2cccccc-2c(C(=O)c2cc3ccccc3o2)c1C. The van der Waals surface area contributed by atoms with E-state index in [1.54, 1.807) is 13.0 Å². The van der Waals surface area contributed by atoms with Gasteiger partial charge in [-0.1, -0.05) is 48.5 Å². The Kier molecular flexibility index (Phi) is 3.81. The first-order valence-corrected chi connectivity index (χ1v) is 8.24. The predicted molar refractivity (Wildman–Crippen MR) is 98.8 cm³/mol. The first-order chi connectivity index (χ1) is 12.6. The normalized spacial score (nSPS) is 11.0. The topological polar surface area (TPSA) is 56.5 Å². The summed E-state index contributed by atoms with van der Waals surface area (Å²) in [4.78, 5) is 25.5. The minimum atomic E-state index is -0.456. The third kappa shape index (κ3) is 2.39. The molecule has 0 bridgehead atoms. The Morgan fingerprint density at radius 3 is 2.23 bits per heavy atom. The van der Waals surface area contributed by atoms with Crippen LogP contribution in [0.2, 0.25) is 0 Å². The summed E-state index contributed by atoms with van der Waals surface area (Å²) >= 11 is 0. The molecule has 1 aromatic heterocycles. The molecule has 0 amide bonds. The number of furan rings is 1. The third-order valence-corrected chi connectivity index (χ3v) is 4.59. The van der Waals surface area contributed by atoms with Crippen molar-refractivity contribution in [2.24, 2.45) is 0 Å². The average Bonchev–Trinajstić information content (AvgIpc) is 3.11. The van der Waals surface area contributed by atoms with Gasteiger partial charge in [0, 0.05) is 10.9 Å². The van der Waals surface area contributed by atoms with Gasteiger partial charge in [-0.2, -0.15) is 0 Å². The second kappa shape index (κ2) is 6.15. The molecule has 2 aromatic rings. The van der Waals surface area contributed by atoms with Crippen molar-refractivity contribution in [2.75, 3.05) is 7.11 Å². The number of carbonyl (C=O) groups excluding carboxylic acids is 2. The summed E-state index contributed by atoms with van der Waals surface area (Å²) in [5.41, 5.74) is 3.54. The van der Waals surface area contributed by atoms with E-state index in [0.717, 1.165) is 5.39 Å². The van der Waals surface area contributed by atoms with Crippen molar-refractivity contribution < 1.29 is 18.7 Å². The highest BCUT2D eigenvalue weighted by atomic mass is 16.5. The molecule has 0 aliphatic heterocycles. The van der Waals surface area contributed by atoms with Gasteiger partial charge in [0.05, 0.1) is 12.7 Å². The monoisotopic (exact) mass is 344 g/mol. The van der Waals surface area contributed by atoms with Crippen LogP contribution in [0.4, 0.5) is 0 Å². The molecule has 0 atom stereocenters. The summed E-state index contributed by atoms with van der Waals surface area (Å²) in [7, 11) is 1.34. The van der Waals surface area contributed by atoms with E-state index in [1.165, 1.54) is 7.11 Å². The number of rotatable bonds is 3. The molecule has 0 fully saturated rings. The van der Waals surface area contributed by atoms with Crippen LogP contribution in [0, 0.1) is 6.92 Å². The lowest BCUT2D eigenvalue weighted by atomic mass is 10.0. The fraction of sp³-hybridized carbons (Fsp3) is 0.0909. The van der Waals surface area contributed by atoms with Gasteiger partial charge in [0.2, 0.25) is 5.78 Å². The Hall–Kier alpha value is -3.40. The smallest absolute Gasteiger partial charge is 0.338 e. The molecule has 4 nitrogen and oxygen atoms in total. The number of methoxy groups -OCH3 is 1. The van der Waals surface area contributed by atoms with Gasteiger partial charge in [0.15, 0.2) is 5.76 Å². The zero-order valence-corrected chi connectivity index (χ0v) is 14.4. The van der Waals surface area contributed by atoms with Gasteiger partial charge in [-0.3, -0.25) is 4.79 Å². The van der Waals surface area contributed by atoms with Gasteiger partial charge in [0.1, 0.15) is 5.58 Å². The van der Waals surface area contributed by atoms with Gasteiger partial charge >= 0.3 is 5.97 Å². The molecule has 128 valence electrons. The van der Waals surface area contributed by atoms with Crippen LogP contribution in [-0.2, 0) is 4.74 Å². The van der Waals surface area contributed by atoms with Gasteiger partial charge in [-0.05, 0) is 35.7 Å². The minimum Gasteiger partial charge on any atom is -0.465 e. The van der Waals surface area contributed by atoms with Crippen LogP contribution in [-0.4, -0.2) is 18.9 Å². The van der Waals surface area contributed by atoms with Crippen molar-refractivity contribution in [2.45, 2.75) is 6.92 Å². The fourth-order valence-corrected chi connectivity index (χ4v) is 3.39. The van der Waals surface area contributed by atoms with E-state index < -0.39 is 5.97 Å². The van der Waals surface area contributed by atoms with Crippen LogP contribution in [0.15, 0.2) is 65.1 Å². The summed E-state index contributed by atoms with van der Waals surface area (Å²) in [5.74, 6) is -0.448. The minimum absolute atomic E-state index is 0.245. The molecule has 1 heterocycles.